The predicted octanol–water partition coefficient (Wildman–Crippen LogP) is 2.29. The van der Waals surface area contributed by atoms with Crippen LogP contribution in [-0.4, -0.2) is 10.4 Å². The van der Waals surface area contributed by atoms with E-state index in [0.717, 1.165) is 5.56 Å². The number of halogens is 1. The normalized spacial score (nSPS) is 15.9. The summed E-state index contributed by atoms with van der Waals surface area (Å²) >= 11 is 3.26. The Morgan fingerprint density at radius 1 is 1.36 bits per heavy atom. The Hall–Kier alpha value is -0.340. The third-order valence-corrected chi connectivity index (χ3v) is 2.75. The Morgan fingerprint density at radius 2 is 1.91 bits per heavy atom. The van der Waals surface area contributed by atoms with Crippen LogP contribution in [0.25, 0.3) is 0 Å². The average molecular weight is 215 g/mol. The zero-order valence-corrected chi connectivity index (χ0v) is 8.01. The van der Waals surface area contributed by atoms with Gasteiger partial charge in [0.05, 0.1) is 5.60 Å². The standard InChI is InChI=1S/C9H11BrO/c1-9(11,7-10)8-5-3-2-4-6-8/h2-6,11H,7H2,1H3. The number of hydrogen-bond acceptors (Lipinski definition) is 1. The molecule has 1 rings (SSSR count). The summed E-state index contributed by atoms with van der Waals surface area (Å²) in [4.78, 5) is 0. The van der Waals surface area contributed by atoms with Gasteiger partial charge in [0.2, 0.25) is 0 Å². The van der Waals surface area contributed by atoms with Crippen molar-refractivity contribution in [3.8, 4) is 0 Å². The highest BCUT2D eigenvalue weighted by atomic mass is 79.9. The highest BCUT2D eigenvalue weighted by molar-refractivity contribution is 9.09. The van der Waals surface area contributed by atoms with Crippen LogP contribution in [-0.2, 0) is 5.60 Å². The number of alkyl halides is 1. The van der Waals surface area contributed by atoms with Gasteiger partial charge in [0, 0.05) is 5.33 Å². The lowest BCUT2D eigenvalue weighted by atomic mass is 9.99. The largest absolute Gasteiger partial charge is 0.385 e. The fourth-order valence-corrected chi connectivity index (χ4v) is 1.20. The maximum atomic E-state index is 9.75. The second-order valence-electron chi connectivity index (χ2n) is 2.77. The first kappa shape index (κ1) is 8.75. The monoisotopic (exact) mass is 214 g/mol. The Kier molecular flexibility index (Phi) is 2.68. The van der Waals surface area contributed by atoms with Crippen LogP contribution in [0, 0.1) is 0 Å². The van der Waals surface area contributed by atoms with Gasteiger partial charge in [0.1, 0.15) is 0 Å². The molecule has 0 saturated carbocycles. The molecule has 0 fully saturated rings. The molecule has 0 aliphatic carbocycles. The molecule has 1 N–H and O–H groups in total. The second-order valence-corrected chi connectivity index (χ2v) is 3.33. The Balaban J connectivity index is 2.93. The number of rotatable bonds is 2. The molecule has 1 nitrogen and oxygen atoms in total. The van der Waals surface area contributed by atoms with E-state index in [0.29, 0.717) is 5.33 Å². The minimum absolute atomic E-state index is 0.560. The topological polar surface area (TPSA) is 20.2 Å². The minimum Gasteiger partial charge on any atom is -0.385 e. The Labute approximate surface area is 75.2 Å². The van der Waals surface area contributed by atoms with Crippen molar-refractivity contribution in [2.24, 2.45) is 0 Å². The summed E-state index contributed by atoms with van der Waals surface area (Å²) in [6.45, 7) is 1.79. The van der Waals surface area contributed by atoms with Crippen LogP contribution in [0.3, 0.4) is 0 Å². The van der Waals surface area contributed by atoms with E-state index in [1.807, 2.05) is 30.3 Å². The zero-order chi connectivity index (χ0) is 8.32. The molecule has 0 saturated heterocycles. The molecular formula is C9H11BrO. The maximum absolute atomic E-state index is 9.75. The van der Waals surface area contributed by atoms with Gasteiger partial charge in [0.15, 0.2) is 0 Å². The highest BCUT2D eigenvalue weighted by Gasteiger charge is 2.20. The lowest BCUT2D eigenvalue weighted by molar-refractivity contribution is 0.0853. The number of benzene rings is 1. The van der Waals surface area contributed by atoms with Gasteiger partial charge in [-0.15, -0.1) is 0 Å². The van der Waals surface area contributed by atoms with E-state index in [1.54, 1.807) is 6.92 Å². The van der Waals surface area contributed by atoms with Gasteiger partial charge in [-0.2, -0.15) is 0 Å². The van der Waals surface area contributed by atoms with Gasteiger partial charge in [-0.1, -0.05) is 46.3 Å². The van der Waals surface area contributed by atoms with Gasteiger partial charge in [-0.25, -0.2) is 0 Å². The van der Waals surface area contributed by atoms with Crippen LogP contribution >= 0.6 is 15.9 Å². The van der Waals surface area contributed by atoms with Crippen molar-refractivity contribution in [3.63, 3.8) is 0 Å². The molecule has 0 heterocycles. The third kappa shape index (κ3) is 2.04. The van der Waals surface area contributed by atoms with E-state index < -0.39 is 5.60 Å². The van der Waals surface area contributed by atoms with E-state index in [-0.39, 0.29) is 0 Å². The molecule has 1 unspecified atom stereocenters. The molecule has 0 bridgehead atoms. The molecule has 1 aromatic carbocycles. The van der Waals surface area contributed by atoms with E-state index in [4.69, 9.17) is 0 Å². The van der Waals surface area contributed by atoms with E-state index in [1.165, 1.54) is 0 Å². The summed E-state index contributed by atoms with van der Waals surface area (Å²) in [5.41, 5.74) is 0.193. The van der Waals surface area contributed by atoms with Crippen molar-refractivity contribution < 1.29 is 5.11 Å². The van der Waals surface area contributed by atoms with Crippen LogP contribution in [0.2, 0.25) is 0 Å². The number of aliphatic hydroxyl groups is 1. The summed E-state index contributed by atoms with van der Waals surface area (Å²) in [5.74, 6) is 0. The van der Waals surface area contributed by atoms with Crippen molar-refractivity contribution in [1.82, 2.24) is 0 Å². The van der Waals surface area contributed by atoms with Gasteiger partial charge in [-0.05, 0) is 12.5 Å². The van der Waals surface area contributed by atoms with Crippen LogP contribution in [0.4, 0.5) is 0 Å². The first-order valence-electron chi connectivity index (χ1n) is 3.51. The Bertz CT molecular complexity index is 218. The van der Waals surface area contributed by atoms with Gasteiger partial charge < -0.3 is 5.11 Å². The lowest BCUT2D eigenvalue weighted by Crippen LogP contribution is -2.22. The van der Waals surface area contributed by atoms with Crippen LogP contribution in [0.1, 0.15) is 12.5 Å². The molecular weight excluding hydrogens is 204 g/mol. The molecule has 0 spiro atoms. The Morgan fingerprint density at radius 3 is 2.36 bits per heavy atom. The summed E-state index contributed by atoms with van der Waals surface area (Å²) in [5, 5.41) is 10.3. The zero-order valence-electron chi connectivity index (χ0n) is 6.42. The van der Waals surface area contributed by atoms with Crippen molar-refractivity contribution in [3.05, 3.63) is 35.9 Å². The van der Waals surface area contributed by atoms with Crippen LogP contribution in [0.15, 0.2) is 30.3 Å². The maximum Gasteiger partial charge on any atom is 0.0964 e. The quantitative estimate of drug-likeness (QED) is 0.750. The molecule has 0 radical (unpaired) electrons. The second kappa shape index (κ2) is 3.37. The van der Waals surface area contributed by atoms with Crippen molar-refractivity contribution >= 4 is 15.9 Å². The van der Waals surface area contributed by atoms with E-state index >= 15 is 0 Å². The molecule has 0 aliphatic heterocycles. The lowest BCUT2D eigenvalue weighted by Gasteiger charge is -2.20. The fraction of sp³-hybridized carbons (Fsp3) is 0.333. The molecule has 60 valence electrons. The summed E-state index contributed by atoms with van der Waals surface area (Å²) in [7, 11) is 0. The third-order valence-electron chi connectivity index (χ3n) is 1.66. The highest BCUT2D eigenvalue weighted by Crippen LogP contribution is 2.21. The summed E-state index contributed by atoms with van der Waals surface area (Å²) in [6.07, 6.45) is 0. The fourth-order valence-electron chi connectivity index (χ4n) is 0.874. The summed E-state index contributed by atoms with van der Waals surface area (Å²) in [6, 6.07) is 9.62. The van der Waals surface area contributed by atoms with Crippen LogP contribution < -0.4 is 0 Å². The van der Waals surface area contributed by atoms with Gasteiger partial charge in [0.25, 0.3) is 0 Å². The molecule has 0 aromatic heterocycles. The van der Waals surface area contributed by atoms with Gasteiger partial charge >= 0.3 is 0 Å². The molecule has 1 aromatic rings. The van der Waals surface area contributed by atoms with Gasteiger partial charge in [-0.3, -0.25) is 0 Å². The molecule has 11 heavy (non-hydrogen) atoms. The molecule has 0 amide bonds. The van der Waals surface area contributed by atoms with E-state index in [9.17, 15) is 5.11 Å². The van der Waals surface area contributed by atoms with Crippen LogP contribution in [0.5, 0.6) is 0 Å². The summed E-state index contributed by atoms with van der Waals surface area (Å²) < 4.78 is 0. The SMILES string of the molecule is CC(O)(CBr)c1ccccc1. The van der Waals surface area contributed by atoms with E-state index in [2.05, 4.69) is 15.9 Å². The van der Waals surface area contributed by atoms with Crippen molar-refractivity contribution in [2.45, 2.75) is 12.5 Å². The minimum atomic E-state index is -0.749. The first-order chi connectivity index (χ1) is 5.17. The average Bonchev–Trinajstić information content (AvgIpc) is 2.06. The molecule has 2 heteroatoms. The smallest absolute Gasteiger partial charge is 0.0964 e. The first-order valence-corrected chi connectivity index (χ1v) is 4.63. The molecule has 1 atom stereocenters. The van der Waals surface area contributed by atoms with Crippen molar-refractivity contribution in [1.29, 1.82) is 0 Å². The predicted molar refractivity (Wildman–Crippen MR) is 49.8 cm³/mol. The number of hydrogen-bond donors (Lipinski definition) is 1. The molecule has 0 aliphatic rings. The van der Waals surface area contributed by atoms with Crippen molar-refractivity contribution in [2.75, 3.05) is 5.33 Å².